The van der Waals surface area contributed by atoms with Crippen LogP contribution in [-0.2, 0) is 24.1 Å². The average Bonchev–Trinajstić information content (AvgIpc) is 2.53. The number of anilines is 1. The van der Waals surface area contributed by atoms with Crippen LogP contribution >= 0.6 is 0 Å². The zero-order chi connectivity index (χ0) is 15.4. The highest BCUT2D eigenvalue weighted by Gasteiger charge is 2.15. The maximum absolute atomic E-state index is 11.4. The first kappa shape index (κ1) is 14.2. The van der Waals surface area contributed by atoms with Gasteiger partial charge in [0.1, 0.15) is 5.75 Å². The Labute approximate surface area is 129 Å². The van der Waals surface area contributed by atoms with Crippen molar-refractivity contribution in [3.05, 3.63) is 59.2 Å². The predicted octanol–water partition coefficient (Wildman–Crippen LogP) is 2.87. The summed E-state index contributed by atoms with van der Waals surface area (Å²) < 4.78 is 5.35. The maximum Gasteiger partial charge on any atom is 0.262 e. The van der Waals surface area contributed by atoms with Gasteiger partial charge in [-0.3, -0.25) is 4.79 Å². The van der Waals surface area contributed by atoms with Gasteiger partial charge in [-0.05, 0) is 41.7 Å². The molecular weight excluding hydrogens is 276 g/mol. The van der Waals surface area contributed by atoms with E-state index >= 15 is 0 Å². The molecule has 1 aliphatic rings. The van der Waals surface area contributed by atoms with Crippen molar-refractivity contribution in [2.75, 3.05) is 11.9 Å². The predicted molar refractivity (Wildman–Crippen MR) is 83.7 cm³/mol. The van der Waals surface area contributed by atoms with Gasteiger partial charge in [0.2, 0.25) is 0 Å². The van der Waals surface area contributed by atoms with E-state index in [9.17, 15) is 4.79 Å². The van der Waals surface area contributed by atoms with E-state index in [1.807, 2.05) is 30.3 Å². The van der Waals surface area contributed by atoms with E-state index in [1.165, 1.54) is 5.56 Å². The molecule has 0 aliphatic carbocycles. The highest BCUT2D eigenvalue weighted by molar-refractivity contribution is 5.95. The lowest BCUT2D eigenvalue weighted by atomic mass is 10.0. The van der Waals surface area contributed by atoms with Crippen molar-refractivity contribution in [1.29, 1.82) is 5.26 Å². The molecule has 22 heavy (non-hydrogen) atoms. The molecule has 1 N–H and O–H groups in total. The molecule has 0 bridgehead atoms. The van der Waals surface area contributed by atoms with E-state index in [0.717, 1.165) is 35.4 Å². The minimum atomic E-state index is -0.117. The van der Waals surface area contributed by atoms with Gasteiger partial charge in [-0.15, -0.1) is 0 Å². The van der Waals surface area contributed by atoms with Crippen LogP contribution in [0.25, 0.3) is 0 Å². The number of fused-ring (bicyclic) bond motifs is 1. The number of amides is 1. The van der Waals surface area contributed by atoms with E-state index in [1.54, 1.807) is 0 Å². The lowest BCUT2D eigenvalue weighted by Crippen LogP contribution is -2.25. The number of hydrogen-bond acceptors (Lipinski definition) is 3. The zero-order valence-corrected chi connectivity index (χ0v) is 12.1. The van der Waals surface area contributed by atoms with Gasteiger partial charge >= 0.3 is 0 Å². The number of carbonyl (C=O) groups excluding carboxylic acids is 1. The van der Waals surface area contributed by atoms with E-state index in [2.05, 4.69) is 23.5 Å². The second-order valence-corrected chi connectivity index (χ2v) is 5.32. The molecule has 2 aromatic rings. The third-order valence-corrected chi connectivity index (χ3v) is 3.65. The van der Waals surface area contributed by atoms with Crippen LogP contribution in [0.15, 0.2) is 42.5 Å². The van der Waals surface area contributed by atoms with Crippen molar-refractivity contribution < 1.29 is 9.53 Å². The summed E-state index contributed by atoms with van der Waals surface area (Å²) in [6.07, 6.45) is 2.21. The zero-order valence-electron chi connectivity index (χ0n) is 12.1. The second-order valence-electron chi connectivity index (χ2n) is 5.32. The first-order valence-electron chi connectivity index (χ1n) is 7.25. The Kier molecular flexibility index (Phi) is 4.06. The molecule has 4 heteroatoms. The van der Waals surface area contributed by atoms with E-state index in [0.29, 0.717) is 6.42 Å². The van der Waals surface area contributed by atoms with Gasteiger partial charge in [-0.1, -0.05) is 30.3 Å². The number of ether oxygens (including phenoxy) is 1. The van der Waals surface area contributed by atoms with Crippen molar-refractivity contribution in [3.8, 4) is 11.8 Å². The molecule has 3 rings (SSSR count). The first-order chi connectivity index (χ1) is 10.7. The van der Waals surface area contributed by atoms with E-state index in [4.69, 9.17) is 10.00 Å². The summed E-state index contributed by atoms with van der Waals surface area (Å²) in [5, 5.41) is 11.6. The molecule has 1 heterocycles. The second kappa shape index (κ2) is 6.31. The van der Waals surface area contributed by atoms with Crippen LogP contribution in [0.1, 0.15) is 16.7 Å². The number of nitriles is 1. The summed E-state index contributed by atoms with van der Waals surface area (Å²) in [5.74, 6) is 0.605. The molecule has 0 unspecified atom stereocenters. The van der Waals surface area contributed by atoms with Gasteiger partial charge in [0.25, 0.3) is 5.91 Å². The minimum absolute atomic E-state index is 0.0814. The quantitative estimate of drug-likeness (QED) is 0.942. The van der Waals surface area contributed by atoms with Gasteiger partial charge in [0, 0.05) is 0 Å². The molecule has 0 fully saturated rings. The third kappa shape index (κ3) is 3.26. The normalized spacial score (nSPS) is 12.8. The van der Waals surface area contributed by atoms with Gasteiger partial charge in [-0.25, -0.2) is 0 Å². The van der Waals surface area contributed by atoms with Crippen LogP contribution in [0.5, 0.6) is 5.75 Å². The molecule has 110 valence electrons. The Bertz CT molecular complexity index is 747. The van der Waals surface area contributed by atoms with Crippen LogP contribution in [-0.4, -0.2) is 12.5 Å². The SMILES string of the molecule is N#CCc1cccc(CCc2ccc3c(c2)NC(=O)CO3)c1. The van der Waals surface area contributed by atoms with E-state index in [-0.39, 0.29) is 12.5 Å². The van der Waals surface area contributed by atoms with Gasteiger partial charge in [-0.2, -0.15) is 5.26 Å². The molecule has 2 aromatic carbocycles. The van der Waals surface area contributed by atoms with Crippen molar-refractivity contribution in [2.45, 2.75) is 19.3 Å². The Balaban J connectivity index is 1.69. The summed E-state index contributed by atoms with van der Waals surface area (Å²) >= 11 is 0. The number of hydrogen-bond donors (Lipinski definition) is 1. The molecule has 0 saturated heterocycles. The number of benzene rings is 2. The highest BCUT2D eigenvalue weighted by atomic mass is 16.5. The smallest absolute Gasteiger partial charge is 0.262 e. The molecule has 0 aromatic heterocycles. The summed E-state index contributed by atoms with van der Waals surface area (Å²) in [4.78, 5) is 11.4. The lowest BCUT2D eigenvalue weighted by molar-refractivity contribution is -0.118. The number of nitrogens with zero attached hydrogens (tertiary/aromatic N) is 1. The standard InChI is InChI=1S/C18H16N2O2/c19-9-8-14-3-1-2-13(10-14)4-5-15-6-7-17-16(11-15)20-18(21)12-22-17/h1-3,6-7,10-11H,4-5,8,12H2,(H,20,21). The molecule has 0 spiro atoms. The van der Waals surface area contributed by atoms with Gasteiger partial charge in [0.15, 0.2) is 6.61 Å². The third-order valence-electron chi connectivity index (χ3n) is 3.65. The summed E-state index contributed by atoms with van der Waals surface area (Å²) in [6, 6.07) is 16.2. The van der Waals surface area contributed by atoms with Crippen LogP contribution in [0, 0.1) is 11.3 Å². The van der Waals surface area contributed by atoms with E-state index < -0.39 is 0 Å². The van der Waals surface area contributed by atoms with Crippen molar-refractivity contribution >= 4 is 11.6 Å². The van der Waals surface area contributed by atoms with Gasteiger partial charge in [0.05, 0.1) is 18.2 Å². The van der Waals surface area contributed by atoms with Crippen molar-refractivity contribution in [1.82, 2.24) is 0 Å². The topological polar surface area (TPSA) is 62.1 Å². The molecular formula is C18H16N2O2. The molecule has 0 radical (unpaired) electrons. The Morgan fingerprint density at radius 3 is 2.68 bits per heavy atom. The Morgan fingerprint density at radius 1 is 1.09 bits per heavy atom. The summed E-state index contributed by atoms with van der Waals surface area (Å²) in [6.45, 7) is 0.0814. The first-order valence-corrected chi connectivity index (χ1v) is 7.25. The fourth-order valence-corrected chi connectivity index (χ4v) is 2.56. The van der Waals surface area contributed by atoms with Crippen molar-refractivity contribution in [2.24, 2.45) is 0 Å². The molecule has 4 nitrogen and oxygen atoms in total. The number of aryl methyl sites for hydroxylation is 2. The monoisotopic (exact) mass is 292 g/mol. The lowest BCUT2D eigenvalue weighted by Gasteiger charge is -2.18. The molecule has 1 aliphatic heterocycles. The van der Waals surface area contributed by atoms with Crippen molar-refractivity contribution in [3.63, 3.8) is 0 Å². The fourth-order valence-electron chi connectivity index (χ4n) is 2.56. The van der Waals surface area contributed by atoms with Crippen LogP contribution < -0.4 is 10.1 Å². The van der Waals surface area contributed by atoms with Crippen LogP contribution in [0.2, 0.25) is 0 Å². The van der Waals surface area contributed by atoms with Crippen LogP contribution in [0.4, 0.5) is 5.69 Å². The summed E-state index contributed by atoms with van der Waals surface area (Å²) in [5.41, 5.74) is 4.15. The Hall–Kier alpha value is -2.80. The largest absolute Gasteiger partial charge is 0.482 e. The maximum atomic E-state index is 11.4. The van der Waals surface area contributed by atoms with Gasteiger partial charge < -0.3 is 10.1 Å². The number of nitrogens with one attached hydrogen (secondary N) is 1. The Morgan fingerprint density at radius 2 is 1.86 bits per heavy atom. The number of rotatable bonds is 4. The molecule has 1 amide bonds. The summed E-state index contributed by atoms with van der Waals surface area (Å²) in [7, 11) is 0. The minimum Gasteiger partial charge on any atom is -0.482 e. The number of carbonyl (C=O) groups is 1. The molecule has 0 saturated carbocycles. The highest BCUT2D eigenvalue weighted by Crippen LogP contribution is 2.28. The molecule has 0 atom stereocenters. The van der Waals surface area contributed by atoms with Crippen LogP contribution in [0.3, 0.4) is 0 Å². The fraction of sp³-hybridized carbons (Fsp3) is 0.222. The average molecular weight is 292 g/mol.